The van der Waals surface area contributed by atoms with Crippen molar-refractivity contribution in [2.24, 2.45) is 0 Å². The summed E-state index contributed by atoms with van der Waals surface area (Å²) >= 11 is 0. The summed E-state index contributed by atoms with van der Waals surface area (Å²) in [6.07, 6.45) is 4.56. The van der Waals surface area contributed by atoms with Crippen molar-refractivity contribution in [2.75, 3.05) is 0 Å². The number of aromatic amines is 1. The fraction of sp³-hybridized carbons (Fsp3) is 0.350. The Labute approximate surface area is 167 Å². The summed E-state index contributed by atoms with van der Waals surface area (Å²) in [5.74, 6) is 0. The van der Waals surface area contributed by atoms with Crippen molar-refractivity contribution >= 4 is 31.9 Å². The predicted octanol–water partition coefficient (Wildman–Crippen LogP) is 3.01. The highest BCUT2D eigenvalue weighted by Gasteiger charge is 2.33. The second-order valence-electron chi connectivity index (χ2n) is 7.93. The predicted molar refractivity (Wildman–Crippen MR) is 107 cm³/mol. The van der Waals surface area contributed by atoms with Crippen LogP contribution in [0.25, 0.3) is 22.1 Å². The van der Waals surface area contributed by atoms with Gasteiger partial charge in [0, 0.05) is 11.6 Å². The third-order valence-corrected chi connectivity index (χ3v) is 7.46. The maximum atomic E-state index is 13.3. The van der Waals surface area contributed by atoms with Gasteiger partial charge in [0.05, 0.1) is 16.5 Å². The molecule has 150 valence electrons. The molecular weight excluding hydrogens is 390 g/mol. The van der Waals surface area contributed by atoms with Gasteiger partial charge >= 0.3 is 0 Å². The van der Waals surface area contributed by atoms with Crippen LogP contribution in [0, 0.1) is 0 Å². The van der Waals surface area contributed by atoms with Gasteiger partial charge in [0.2, 0.25) is 9.84 Å². The van der Waals surface area contributed by atoms with E-state index in [4.69, 9.17) is 0 Å². The first-order valence-electron chi connectivity index (χ1n) is 9.61. The molecular formula is C20H21N5O3S. The minimum absolute atomic E-state index is 0.0491. The van der Waals surface area contributed by atoms with E-state index < -0.39 is 15.4 Å². The number of H-pyrrole nitrogens is 1. The number of fused-ring (bicyclic) bond motifs is 3. The summed E-state index contributed by atoms with van der Waals surface area (Å²) in [7, 11) is -3.86. The number of aromatic nitrogens is 5. The van der Waals surface area contributed by atoms with E-state index in [1.165, 1.54) is 0 Å². The van der Waals surface area contributed by atoms with Crippen molar-refractivity contribution in [3.8, 4) is 0 Å². The molecule has 3 aromatic heterocycles. The lowest BCUT2D eigenvalue weighted by atomic mass is 9.83. The lowest BCUT2D eigenvalue weighted by Crippen LogP contribution is -2.31. The molecule has 0 amide bonds. The highest BCUT2D eigenvalue weighted by Crippen LogP contribution is 2.38. The molecule has 3 heterocycles. The van der Waals surface area contributed by atoms with Gasteiger partial charge in [-0.3, -0.25) is 0 Å². The zero-order chi connectivity index (χ0) is 20.2. The molecule has 1 aromatic carbocycles. The third-order valence-electron chi connectivity index (χ3n) is 5.78. The minimum Gasteiger partial charge on any atom is -0.390 e. The van der Waals surface area contributed by atoms with Crippen molar-refractivity contribution in [1.29, 1.82) is 0 Å². The standard InChI is InChI=1S/C20H21N5O3S/c1-20(26)10-7-13(8-11-20)25-17-15-9-12-21-18(15)22-19(16(17)23-24-25)29(27,28)14-5-3-2-4-6-14/h2-6,9,12-13,26H,7-8,10-11H2,1H3,(H,21,22). The molecule has 29 heavy (non-hydrogen) atoms. The fourth-order valence-electron chi connectivity index (χ4n) is 4.11. The van der Waals surface area contributed by atoms with Crippen molar-refractivity contribution < 1.29 is 13.5 Å². The van der Waals surface area contributed by atoms with E-state index in [-0.39, 0.29) is 21.5 Å². The van der Waals surface area contributed by atoms with E-state index in [0.717, 1.165) is 18.2 Å². The van der Waals surface area contributed by atoms with Crippen molar-refractivity contribution in [1.82, 2.24) is 25.0 Å². The van der Waals surface area contributed by atoms with Crippen molar-refractivity contribution in [3.05, 3.63) is 42.6 Å². The average Bonchev–Trinajstić information content (AvgIpc) is 3.34. The van der Waals surface area contributed by atoms with E-state index in [0.29, 0.717) is 24.0 Å². The summed E-state index contributed by atoms with van der Waals surface area (Å²) in [6.45, 7) is 1.85. The number of rotatable bonds is 3. The van der Waals surface area contributed by atoms with Gasteiger partial charge in [0.15, 0.2) is 10.5 Å². The van der Waals surface area contributed by atoms with E-state index in [1.54, 1.807) is 36.5 Å². The van der Waals surface area contributed by atoms with Gasteiger partial charge in [-0.05, 0) is 50.8 Å². The Kier molecular flexibility index (Phi) is 4.01. The summed E-state index contributed by atoms with van der Waals surface area (Å²) in [5.41, 5.74) is 0.758. The summed E-state index contributed by atoms with van der Waals surface area (Å²) < 4.78 is 28.4. The molecule has 0 saturated heterocycles. The summed E-state index contributed by atoms with van der Waals surface area (Å²) in [5, 5.41) is 19.5. The molecule has 4 aromatic rings. The minimum atomic E-state index is -3.86. The monoisotopic (exact) mass is 411 g/mol. The highest BCUT2D eigenvalue weighted by molar-refractivity contribution is 7.91. The maximum Gasteiger partial charge on any atom is 0.226 e. The lowest BCUT2D eigenvalue weighted by molar-refractivity contribution is 0.00884. The Morgan fingerprint density at radius 3 is 2.62 bits per heavy atom. The molecule has 1 fully saturated rings. The van der Waals surface area contributed by atoms with Crippen LogP contribution in [0.4, 0.5) is 0 Å². The number of aliphatic hydroxyl groups is 1. The Hall–Kier alpha value is -2.78. The number of sulfone groups is 1. The smallest absolute Gasteiger partial charge is 0.226 e. The zero-order valence-corrected chi connectivity index (χ0v) is 16.7. The zero-order valence-electron chi connectivity index (χ0n) is 15.9. The molecule has 0 atom stereocenters. The third kappa shape index (κ3) is 2.92. The van der Waals surface area contributed by atoms with Gasteiger partial charge in [-0.1, -0.05) is 23.4 Å². The molecule has 8 nitrogen and oxygen atoms in total. The van der Waals surface area contributed by atoms with E-state index in [1.807, 2.05) is 17.7 Å². The van der Waals surface area contributed by atoms with Crippen LogP contribution >= 0.6 is 0 Å². The van der Waals surface area contributed by atoms with Crippen molar-refractivity contribution in [3.63, 3.8) is 0 Å². The molecule has 2 N–H and O–H groups in total. The molecule has 0 bridgehead atoms. The van der Waals surface area contributed by atoms with Crippen molar-refractivity contribution in [2.45, 2.75) is 54.2 Å². The molecule has 0 aliphatic heterocycles. The van der Waals surface area contributed by atoms with Crippen LogP contribution < -0.4 is 0 Å². The van der Waals surface area contributed by atoms with E-state index in [2.05, 4.69) is 20.3 Å². The van der Waals surface area contributed by atoms with Crippen LogP contribution in [0.3, 0.4) is 0 Å². The molecule has 9 heteroatoms. The van der Waals surface area contributed by atoms with Crippen LogP contribution in [-0.2, 0) is 9.84 Å². The first kappa shape index (κ1) is 18.3. The molecule has 1 saturated carbocycles. The van der Waals surface area contributed by atoms with Gasteiger partial charge in [0.25, 0.3) is 0 Å². The lowest BCUT2D eigenvalue weighted by Gasteiger charge is -2.33. The number of nitrogens with zero attached hydrogens (tertiary/aromatic N) is 4. The Morgan fingerprint density at radius 2 is 1.90 bits per heavy atom. The van der Waals surface area contributed by atoms with Gasteiger partial charge < -0.3 is 10.1 Å². The first-order chi connectivity index (χ1) is 13.9. The molecule has 0 radical (unpaired) electrons. The summed E-state index contributed by atoms with van der Waals surface area (Å²) in [4.78, 5) is 7.59. The van der Waals surface area contributed by atoms with Gasteiger partial charge in [0.1, 0.15) is 11.2 Å². The molecule has 0 spiro atoms. The van der Waals surface area contributed by atoms with Crippen LogP contribution in [0.5, 0.6) is 0 Å². The van der Waals surface area contributed by atoms with Gasteiger partial charge in [-0.15, -0.1) is 5.10 Å². The maximum absolute atomic E-state index is 13.3. The Bertz CT molecular complexity index is 1300. The molecule has 1 aliphatic rings. The fourth-order valence-corrected chi connectivity index (χ4v) is 5.45. The molecule has 1 aliphatic carbocycles. The number of nitrogens with one attached hydrogen (secondary N) is 1. The number of pyridine rings is 1. The molecule has 0 unspecified atom stereocenters. The van der Waals surface area contributed by atoms with Gasteiger partial charge in [-0.2, -0.15) is 0 Å². The summed E-state index contributed by atoms with van der Waals surface area (Å²) in [6, 6.07) is 10.1. The SMILES string of the molecule is CC1(O)CCC(n2nnc3c(S(=O)(=O)c4ccccc4)nc4[nH]ccc4c32)CC1. The second kappa shape index (κ2) is 6.36. The second-order valence-corrected chi connectivity index (χ2v) is 9.80. The molecule has 5 rings (SSSR count). The number of hydrogen-bond donors (Lipinski definition) is 2. The van der Waals surface area contributed by atoms with Crippen LogP contribution in [0.15, 0.2) is 52.5 Å². The van der Waals surface area contributed by atoms with E-state index >= 15 is 0 Å². The first-order valence-corrected chi connectivity index (χ1v) is 11.1. The number of benzene rings is 1. The highest BCUT2D eigenvalue weighted by atomic mass is 32.2. The quantitative estimate of drug-likeness (QED) is 0.536. The number of hydrogen-bond acceptors (Lipinski definition) is 6. The topological polar surface area (TPSA) is 114 Å². The van der Waals surface area contributed by atoms with Crippen LogP contribution in [-0.4, -0.2) is 44.1 Å². The van der Waals surface area contributed by atoms with Crippen LogP contribution in [0.1, 0.15) is 38.6 Å². The largest absolute Gasteiger partial charge is 0.390 e. The Morgan fingerprint density at radius 1 is 1.17 bits per heavy atom. The average molecular weight is 411 g/mol. The van der Waals surface area contributed by atoms with Crippen LogP contribution in [0.2, 0.25) is 0 Å². The van der Waals surface area contributed by atoms with E-state index in [9.17, 15) is 13.5 Å². The van der Waals surface area contributed by atoms with Gasteiger partial charge in [-0.25, -0.2) is 18.1 Å². The normalized spacial score (nSPS) is 23.0. The Balaban J connectivity index is 1.72.